The van der Waals surface area contributed by atoms with Crippen molar-refractivity contribution in [3.05, 3.63) is 30.3 Å². The summed E-state index contributed by atoms with van der Waals surface area (Å²) in [6.07, 6.45) is 3.85. The molecule has 2 aliphatic rings. The number of hydrogen-bond donors (Lipinski definition) is 2. The van der Waals surface area contributed by atoms with Crippen molar-refractivity contribution in [2.45, 2.75) is 28.9 Å². The summed E-state index contributed by atoms with van der Waals surface area (Å²) in [7, 11) is 4.06. The second-order valence-corrected chi connectivity index (χ2v) is 8.36. The minimum absolute atomic E-state index is 0.354. The van der Waals surface area contributed by atoms with E-state index < -0.39 is 0 Å². The maximum atomic E-state index is 4.38. The molecule has 0 bridgehead atoms. The lowest BCUT2D eigenvalue weighted by Crippen LogP contribution is -2.43. The van der Waals surface area contributed by atoms with Crippen LogP contribution in [0.1, 0.15) is 19.3 Å². The van der Waals surface area contributed by atoms with Crippen molar-refractivity contribution in [2.75, 3.05) is 40.3 Å². The molecular weight excluding hydrogens is 304 g/mol. The maximum Gasteiger partial charge on any atom is 0.191 e. The van der Waals surface area contributed by atoms with Gasteiger partial charge in [0.25, 0.3) is 0 Å². The van der Waals surface area contributed by atoms with Gasteiger partial charge in [0.1, 0.15) is 0 Å². The molecule has 1 aliphatic heterocycles. The highest BCUT2D eigenvalue weighted by Crippen LogP contribution is 2.51. The SMILES string of the molecule is CN=C(NCC1CCN(C)C1)NCC1(Sc2ccccc2)CC1. The Balaban J connectivity index is 1.43. The zero-order valence-electron chi connectivity index (χ0n) is 14.2. The van der Waals surface area contributed by atoms with Crippen LogP contribution in [-0.2, 0) is 0 Å². The molecular formula is C18H28N4S. The van der Waals surface area contributed by atoms with Crippen LogP contribution >= 0.6 is 11.8 Å². The van der Waals surface area contributed by atoms with Gasteiger partial charge in [-0.05, 0) is 50.9 Å². The summed E-state index contributed by atoms with van der Waals surface area (Å²) in [6.45, 7) is 4.41. The highest BCUT2D eigenvalue weighted by Gasteiger charge is 2.43. The summed E-state index contributed by atoms with van der Waals surface area (Å²) in [5, 5.41) is 7.03. The Labute approximate surface area is 144 Å². The fraction of sp³-hybridized carbons (Fsp3) is 0.611. The van der Waals surface area contributed by atoms with Gasteiger partial charge in [0.05, 0.1) is 0 Å². The molecule has 4 nitrogen and oxygen atoms in total. The topological polar surface area (TPSA) is 39.7 Å². The lowest BCUT2D eigenvalue weighted by Gasteiger charge is -2.19. The van der Waals surface area contributed by atoms with E-state index in [2.05, 4.69) is 57.9 Å². The van der Waals surface area contributed by atoms with Gasteiger partial charge in [-0.2, -0.15) is 0 Å². The van der Waals surface area contributed by atoms with E-state index in [4.69, 9.17) is 0 Å². The van der Waals surface area contributed by atoms with Gasteiger partial charge in [-0.25, -0.2) is 0 Å². The molecule has 5 heteroatoms. The second-order valence-electron chi connectivity index (χ2n) is 6.82. The molecule has 1 atom stereocenters. The van der Waals surface area contributed by atoms with Crippen LogP contribution in [0.3, 0.4) is 0 Å². The standard InChI is InChI=1S/C18H28N4S/c1-19-17(20-12-15-8-11-22(2)13-15)21-14-18(9-10-18)23-16-6-4-3-5-7-16/h3-7,15H,8-14H2,1-2H3,(H2,19,20,21). The number of guanidine groups is 1. The summed E-state index contributed by atoms with van der Waals surface area (Å²) < 4.78 is 0.354. The molecule has 0 amide bonds. The van der Waals surface area contributed by atoms with Crippen molar-refractivity contribution >= 4 is 17.7 Å². The number of hydrogen-bond acceptors (Lipinski definition) is 3. The largest absolute Gasteiger partial charge is 0.356 e. The van der Waals surface area contributed by atoms with E-state index in [9.17, 15) is 0 Å². The van der Waals surface area contributed by atoms with Crippen LogP contribution in [0.15, 0.2) is 40.2 Å². The van der Waals surface area contributed by atoms with Gasteiger partial charge in [0.15, 0.2) is 5.96 Å². The zero-order chi connectivity index (χ0) is 16.1. The molecule has 1 aliphatic carbocycles. The average molecular weight is 333 g/mol. The molecule has 1 unspecified atom stereocenters. The van der Waals surface area contributed by atoms with E-state index in [0.717, 1.165) is 25.0 Å². The molecule has 0 spiro atoms. The van der Waals surface area contributed by atoms with Gasteiger partial charge >= 0.3 is 0 Å². The molecule has 1 heterocycles. The number of nitrogens with zero attached hydrogens (tertiary/aromatic N) is 2. The highest BCUT2D eigenvalue weighted by atomic mass is 32.2. The van der Waals surface area contributed by atoms with Crippen molar-refractivity contribution in [2.24, 2.45) is 10.9 Å². The third-order valence-corrected chi connectivity index (χ3v) is 6.23. The fourth-order valence-corrected chi connectivity index (χ4v) is 4.34. The number of aliphatic imine (C=N–C) groups is 1. The Morgan fingerprint density at radius 1 is 1.30 bits per heavy atom. The Bertz CT molecular complexity index is 527. The van der Waals surface area contributed by atoms with Crippen molar-refractivity contribution in [3.8, 4) is 0 Å². The maximum absolute atomic E-state index is 4.38. The van der Waals surface area contributed by atoms with E-state index in [1.165, 1.54) is 37.2 Å². The summed E-state index contributed by atoms with van der Waals surface area (Å²) in [6, 6.07) is 10.7. The van der Waals surface area contributed by atoms with Crippen LogP contribution in [-0.4, -0.2) is 55.9 Å². The fourth-order valence-electron chi connectivity index (χ4n) is 3.09. The average Bonchev–Trinajstić information content (AvgIpc) is 3.20. The molecule has 23 heavy (non-hydrogen) atoms. The van der Waals surface area contributed by atoms with Gasteiger partial charge in [0.2, 0.25) is 0 Å². The van der Waals surface area contributed by atoms with Crippen molar-refractivity contribution < 1.29 is 0 Å². The first-order valence-corrected chi connectivity index (χ1v) is 9.38. The summed E-state index contributed by atoms with van der Waals surface area (Å²) in [4.78, 5) is 8.14. The van der Waals surface area contributed by atoms with Gasteiger partial charge < -0.3 is 15.5 Å². The smallest absolute Gasteiger partial charge is 0.191 e. The second kappa shape index (κ2) is 7.58. The molecule has 1 saturated heterocycles. The quantitative estimate of drug-likeness (QED) is 0.620. The molecule has 126 valence electrons. The van der Waals surface area contributed by atoms with Crippen LogP contribution in [0.4, 0.5) is 0 Å². The predicted octanol–water partition coefficient (Wildman–Crippen LogP) is 2.43. The molecule has 1 aromatic rings. The third kappa shape index (κ3) is 4.88. The first-order chi connectivity index (χ1) is 11.2. The van der Waals surface area contributed by atoms with Gasteiger partial charge in [-0.1, -0.05) is 18.2 Å². The van der Waals surface area contributed by atoms with E-state index in [1.807, 2.05) is 18.8 Å². The van der Waals surface area contributed by atoms with Gasteiger partial charge in [-0.15, -0.1) is 11.8 Å². The van der Waals surface area contributed by atoms with Crippen LogP contribution in [0.5, 0.6) is 0 Å². The number of rotatable bonds is 6. The lowest BCUT2D eigenvalue weighted by atomic mass is 10.1. The van der Waals surface area contributed by atoms with Crippen molar-refractivity contribution in [1.82, 2.24) is 15.5 Å². The Hall–Kier alpha value is -1.20. The molecule has 2 N–H and O–H groups in total. The Morgan fingerprint density at radius 2 is 2.09 bits per heavy atom. The molecule has 1 aromatic carbocycles. The number of nitrogens with one attached hydrogen (secondary N) is 2. The van der Waals surface area contributed by atoms with E-state index in [0.29, 0.717) is 4.75 Å². The summed E-state index contributed by atoms with van der Waals surface area (Å²) in [5.41, 5.74) is 0. The normalized spacial score (nSPS) is 23.7. The van der Waals surface area contributed by atoms with E-state index in [1.54, 1.807) is 0 Å². The van der Waals surface area contributed by atoms with Crippen LogP contribution in [0.2, 0.25) is 0 Å². The van der Waals surface area contributed by atoms with Crippen LogP contribution in [0.25, 0.3) is 0 Å². The zero-order valence-corrected chi connectivity index (χ0v) is 15.0. The summed E-state index contributed by atoms with van der Waals surface area (Å²) in [5.74, 6) is 1.69. The number of benzene rings is 1. The molecule has 0 aromatic heterocycles. The van der Waals surface area contributed by atoms with Crippen LogP contribution in [0, 0.1) is 5.92 Å². The minimum Gasteiger partial charge on any atom is -0.356 e. The Kier molecular flexibility index (Phi) is 5.49. The van der Waals surface area contributed by atoms with Gasteiger partial charge in [0, 0.05) is 36.3 Å². The van der Waals surface area contributed by atoms with E-state index in [-0.39, 0.29) is 0 Å². The van der Waals surface area contributed by atoms with Crippen LogP contribution < -0.4 is 10.6 Å². The molecule has 2 fully saturated rings. The third-order valence-electron chi connectivity index (χ3n) is 4.73. The number of likely N-dealkylation sites (tertiary alicyclic amines) is 1. The molecule has 3 rings (SSSR count). The highest BCUT2D eigenvalue weighted by molar-refractivity contribution is 8.01. The monoisotopic (exact) mass is 332 g/mol. The molecule has 1 saturated carbocycles. The first kappa shape index (κ1) is 16.7. The van der Waals surface area contributed by atoms with Gasteiger partial charge in [-0.3, -0.25) is 4.99 Å². The van der Waals surface area contributed by atoms with Crippen molar-refractivity contribution in [1.29, 1.82) is 0 Å². The van der Waals surface area contributed by atoms with E-state index >= 15 is 0 Å². The summed E-state index contributed by atoms with van der Waals surface area (Å²) >= 11 is 2.00. The minimum atomic E-state index is 0.354. The lowest BCUT2D eigenvalue weighted by molar-refractivity contribution is 0.394. The predicted molar refractivity (Wildman–Crippen MR) is 99.2 cm³/mol. The Morgan fingerprint density at radius 3 is 2.70 bits per heavy atom. The number of thioether (sulfide) groups is 1. The van der Waals surface area contributed by atoms with Crippen molar-refractivity contribution in [3.63, 3.8) is 0 Å². The molecule has 0 radical (unpaired) electrons. The first-order valence-electron chi connectivity index (χ1n) is 8.56.